The molecule has 0 fully saturated rings. The van der Waals surface area contributed by atoms with Crippen LogP contribution in [0.15, 0.2) is 170 Å². The smallest absolute Gasteiger partial charge is 0.238 e. The first-order valence-electron chi connectivity index (χ1n) is 19.4. The summed E-state index contributed by atoms with van der Waals surface area (Å²) in [6.45, 7) is 0. The SMILES string of the molecule is c1ccc2c(c1)sc1cc(-c3nc(-c4ccc5sc6ccccc6c5c4)nc(N(c4ccc5sc6ccccc6c5c4)c4cccc5c4sc4ccccc45)n3)ccc12. The Hall–Kier alpha value is -6.55. The maximum atomic E-state index is 5.46. The Morgan fingerprint density at radius 2 is 0.797 bits per heavy atom. The molecule has 0 saturated heterocycles. The van der Waals surface area contributed by atoms with Crippen LogP contribution < -0.4 is 4.90 Å². The zero-order valence-electron chi connectivity index (χ0n) is 31.1. The minimum Gasteiger partial charge on any atom is -0.278 e. The van der Waals surface area contributed by atoms with Crippen LogP contribution >= 0.6 is 45.3 Å². The minimum absolute atomic E-state index is 0.570. The van der Waals surface area contributed by atoms with E-state index in [0.717, 1.165) is 22.5 Å². The molecule has 5 heterocycles. The average Bonchev–Trinajstić information content (AvgIpc) is 4.06. The van der Waals surface area contributed by atoms with E-state index >= 15 is 0 Å². The molecule has 0 aliphatic heterocycles. The van der Waals surface area contributed by atoms with E-state index in [1.807, 2.05) is 34.0 Å². The van der Waals surface area contributed by atoms with Crippen molar-refractivity contribution >= 4 is 143 Å². The van der Waals surface area contributed by atoms with Crippen LogP contribution in [-0.4, -0.2) is 15.0 Å². The lowest BCUT2D eigenvalue weighted by Gasteiger charge is -2.25. The molecule has 59 heavy (non-hydrogen) atoms. The lowest BCUT2D eigenvalue weighted by Crippen LogP contribution is -2.15. The molecule has 0 unspecified atom stereocenters. The van der Waals surface area contributed by atoms with Gasteiger partial charge in [-0.25, -0.2) is 4.98 Å². The summed E-state index contributed by atoms with van der Waals surface area (Å²) in [5.74, 6) is 1.84. The van der Waals surface area contributed by atoms with Crippen LogP contribution in [0, 0.1) is 0 Å². The van der Waals surface area contributed by atoms with Crippen LogP contribution in [0.25, 0.3) is 103 Å². The third-order valence-electron chi connectivity index (χ3n) is 11.3. The van der Waals surface area contributed by atoms with Gasteiger partial charge in [-0.15, -0.1) is 45.3 Å². The molecule has 8 heteroatoms. The average molecular weight is 825 g/mol. The molecule has 276 valence electrons. The number of rotatable bonds is 5. The number of benzene rings is 8. The van der Waals surface area contributed by atoms with E-state index in [1.54, 1.807) is 11.3 Å². The summed E-state index contributed by atoms with van der Waals surface area (Å²) in [4.78, 5) is 18.5. The molecule has 0 saturated carbocycles. The fourth-order valence-corrected chi connectivity index (χ4v) is 13.1. The predicted molar refractivity (Wildman–Crippen MR) is 257 cm³/mol. The molecular formula is C51H28N4S4. The quantitative estimate of drug-likeness (QED) is 0.173. The van der Waals surface area contributed by atoms with Crippen molar-refractivity contribution in [2.45, 2.75) is 0 Å². The van der Waals surface area contributed by atoms with Crippen LogP contribution in [0.4, 0.5) is 17.3 Å². The number of anilines is 3. The molecule has 5 aromatic heterocycles. The lowest BCUT2D eigenvalue weighted by molar-refractivity contribution is 1.03. The van der Waals surface area contributed by atoms with Crippen molar-refractivity contribution in [1.29, 1.82) is 0 Å². The molecule has 13 aromatic rings. The van der Waals surface area contributed by atoms with Gasteiger partial charge in [-0.05, 0) is 72.8 Å². The largest absolute Gasteiger partial charge is 0.278 e. The van der Waals surface area contributed by atoms with E-state index in [9.17, 15) is 0 Å². The van der Waals surface area contributed by atoms with Gasteiger partial charge in [0, 0.05) is 92.8 Å². The van der Waals surface area contributed by atoms with E-state index in [0.29, 0.717) is 17.6 Å². The second-order valence-corrected chi connectivity index (χ2v) is 19.1. The highest BCUT2D eigenvalue weighted by Gasteiger charge is 2.24. The summed E-state index contributed by atoms with van der Waals surface area (Å²) in [5.41, 5.74) is 3.93. The van der Waals surface area contributed by atoms with Crippen LogP contribution in [0.2, 0.25) is 0 Å². The molecule has 0 radical (unpaired) electrons. The number of hydrogen-bond acceptors (Lipinski definition) is 8. The van der Waals surface area contributed by atoms with Crippen molar-refractivity contribution in [2.24, 2.45) is 0 Å². The highest BCUT2D eigenvalue weighted by atomic mass is 32.1. The van der Waals surface area contributed by atoms with E-state index in [1.165, 1.54) is 80.7 Å². The van der Waals surface area contributed by atoms with Gasteiger partial charge in [0.15, 0.2) is 11.6 Å². The van der Waals surface area contributed by atoms with Gasteiger partial charge in [-0.1, -0.05) is 97.1 Å². The van der Waals surface area contributed by atoms with Gasteiger partial charge >= 0.3 is 0 Å². The Morgan fingerprint density at radius 3 is 1.47 bits per heavy atom. The van der Waals surface area contributed by atoms with Gasteiger partial charge in [0.1, 0.15) is 0 Å². The Kier molecular flexibility index (Phi) is 7.35. The van der Waals surface area contributed by atoms with Crippen LogP contribution in [-0.2, 0) is 0 Å². The van der Waals surface area contributed by atoms with Crippen LogP contribution in [0.5, 0.6) is 0 Å². The monoisotopic (exact) mass is 824 g/mol. The summed E-state index contributed by atoms with van der Waals surface area (Å²) in [5, 5.41) is 9.90. The normalized spacial score (nSPS) is 12.1. The molecule has 0 spiro atoms. The second kappa shape index (κ2) is 13.0. The minimum atomic E-state index is 0.570. The molecule has 0 N–H and O–H groups in total. The zero-order valence-corrected chi connectivity index (χ0v) is 34.4. The second-order valence-electron chi connectivity index (χ2n) is 14.8. The first kappa shape index (κ1) is 33.4. The molecular weight excluding hydrogens is 797 g/mol. The van der Waals surface area contributed by atoms with Crippen molar-refractivity contribution in [3.8, 4) is 22.8 Å². The summed E-state index contributed by atoms with van der Waals surface area (Å²) >= 11 is 7.27. The molecule has 0 aliphatic carbocycles. The highest BCUT2D eigenvalue weighted by molar-refractivity contribution is 7.27. The third-order valence-corrected chi connectivity index (χ3v) is 16.0. The summed E-state index contributed by atoms with van der Waals surface area (Å²) < 4.78 is 9.95. The van der Waals surface area contributed by atoms with Crippen molar-refractivity contribution < 1.29 is 0 Å². The van der Waals surface area contributed by atoms with Gasteiger partial charge in [0.05, 0.1) is 10.4 Å². The van der Waals surface area contributed by atoms with Crippen molar-refractivity contribution in [2.75, 3.05) is 4.90 Å². The number of nitrogens with zero attached hydrogens (tertiary/aromatic N) is 4. The van der Waals surface area contributed by atoms with Gasteiger partial charge in [0.2, 0.25) is 5.95 Å². The molecule has 8 aromatic carbocycles. The maximum absolute atomic E-state index is 5.46. The van der Waals surface area contributed by atoms with E-state index in [-0.39, 0.29) is 0 Å². The van der Waals surface area contributed by atoms with E-state index in [4.69, 9.17) is 15.0 Å². The molecule has 0 aliphatic rings. The first-order chi connectivity index (χ1) is 29.2. The molecule has 0 amide bonds. The van der Waals surface area contributed by atoms with E-state index < -0.39 is 0 Å². The molecule has 13 rings (SSSR count). The Balaban J connectivity index is 1.10. The fraction of sp³-hybridized carbons (Fsp3) is 0. The molecule has 4 nitrogen and oxygen atoms in total. The van der Waals surface area contributed by atoms with Crippen LogP contribution in [0.3, 0.4) is 0 Å². The van der Waals surface area contributed by atoms with Crippen LogP contribution in [0.1, 0.15) is 0 Å². The van der Waals surface area contributed by atoms with Crippen molar-refractivity contribution in [3.63, 3.8) is 0 Å². The fourth-order valence-electron chi connectivity index (χ4n) is 8.58. The van der Waals surface area contributed by atoms with Gasteiger partial charge in [-0.3, -0.25) is 4.90 Å². The van der Waals surface area contributed by atoms with Gasteiger partial charge in [0.25, 0.3) is 0 Å². The van der Waals surface area contributed by atoms with Gasteiger partial charge in [-0.2, -0.15) is 9.97 Å². The summed E-state index contributed by atoms with van der Waals surface area (Å²) in [7, 11) is 0. The Morgan fingerprint density at radius 1 is 0.322 bits per heavy atom. The third kappa shape index (κ3) is 5.27. The Labute approximate surface area is 353 Å². The molecule has 0 bridgehead atoms. The van der Waals surface area contributed by atoms with E-state index in [2.05, 4.69) is 175 Å². The topological polar surface area (TPSA) is 41.9 Å². The van der Waals surface area contributed by atoms with Gasteiger partial charge < -0.3 is 0 Å². The predicted octanol–water partition coefficient (Wildman–Crippen LogP) is 16.1. The highest BCUT2D eigenvalue weighted by Crippen LogP contribution is 2.46. The summed E-state index contributed by atoms with van der Waals surface area (Å²) in [6, 6.07) is 61.3. The summed E-state index contributed by atoms with van der Waals surface area (Å²) in [6.07, 6.45) is 0. The zero-order chi connectivity index (χ0) is 38.6. The van der Waals surface area contributed by atoms with Crippen molar-refractivity contribution in [3.05, 3.63) is 170 Å². The maximum Gasteiger partial charge on any atom is 0.238 e. The lowest BCUT2D eigenvalue weighted by atomic mass is 10.1. The van der Waals surface area contributed by atoms with Crippen molar-refractivity contribution in [1.82, 2.24) is 15.0 Å². The number of hydrogen-bond donors (Lipinski definition) is 0. The number of thiophene rings is 4. The first-order valence-corrected chi connectivity index (χ1v) is 22.7. The number of aromatic nitrogens is 3. The standard InChI is InChI=1S/C51H28N4S4/c1-5-16-41-32(10-1)36-23-20-30(27-47(36)58-41)50-52-49(29-21-24-45-38(26-29)34-12-3-6-17-42(34)56-45)53-51(54-50)55(31-22-25-46-39(28-31)35-13-4-7-18-43(35)57-46)40-15-9-14-37-33-11-2-8-19-44(33)59-48(37)40/h1-28H. The molecule has 0 atom stereocenters. The Bertz CT molecular complexity index is 3830. The number of fused-ring (bicyclic) bond motifs is 12.